The first-order chi connectivity index (χ1) is 15.2. The van der Waals surface area contributed by atoms with Crippen molar-refractivity contribution in [1.29, 1.82) is 0 Å². The number of nitrogens with one attached hydrogen (secondary N) is 1. The van der Waals surface area contributed by atoms with E-state index in [2.05, 4.69) is 17.4 Å². The van der Waals surface area contributed by atoms with Gasteiger partial charge in [0, 0.05) is 0 Å². The zero-order valence-corrected chi connectivity index (χ0v) is 19.0. The molecule has 3 aromatic carbocycles. The van der Waals surface area contributed by atoms with E-state index in [1.165, 1.54) is 11.1 Å². The van der Waals surface area contributed by atoms with Crippen molar-refractivity contribution in [2.24, 2.45) is 0 Å². The number of fused-ring (bicyclic) bond motifs is 1. The number of urea groups is 1. The van der Waals surface area contributed by atoms with Crippen molar-refractivity contribution in [2.45, 2.75) is 19.6 Å². The number of ether oxygens (including phenoxy) is 1. The Labute approximate surface area is 189 Å². The molecule has 0 bridgehead atoms. The second-order valence-corrected chi connectivity index (χ2v) is 10.0. The molecule has 6 heteroatoms. The Kier molecular flexibility index (Phi) is 7.18. The normalized spacial score (nSPS) is 13.2. The van der Waals surface area contributed by atoms with E-state index in [0.717, 1.165) is 22.0 Å². The zero-order valence-electron chi connectivity index (χ0n) is 17.2. The van der Waals surface area contributed by atoms with Crippen LogP contribution in [0, 0.1) is 0 Å². The predicted octanol–water partition coefficient (Wildman–Crippen LogP) is 3.35. The number of anilines is 1. The minimum atomic E-state index is -0.620. The molecule has 1 N–H and O–H groups in total. The first-order valence-corrected chi connectivity index (χ1v) is 12.1. The number of carbonyl (C=O) groups excluding carboxylic acids is 2. The van der Waals surface area contributed by atoms with E-state index in [1.54, 1.807) is 0 Å². The van der Waals surface area contributed by atoms with Crippen LogP contribution in [0.15, 0.2) is 78.9 Å². The van der Waals surface area contributed by atoms with E-state index in [4.69, 9.17) is 4.74 Å². The molecule has 0 saturated heterocycles. The number of rotatable bonds is 7. The van der Waals surface area contributed by atoms with Crippen LogP contribution in [0.3, 0.4) is 0 Å². The number of benzene rings is 3. The van der Waals surface area contributed by atoms with Crippen LogP contribution in [0.25, 0.3) is 0 Å². The van der Waals surface area contributed by atoms with E-state index in [9.17, 15) is 9.59 Å². The number of amides is 2. The SMILES string of the molecule is O=C(COCc1ccccc1)[As]c1ccc(NC(=O)N2CCc3ccccc3C2)cc1. The maximum absolute atomic E-state index is 12.6. The van der Waals surface area contributed by atoms with Gasteiger partial charge in [0.1, 0.15) is 0 Å². The molecule has 1 aliphatic rings. The monoisotopic (exact) mass is 475 g/mol. The van der Waals surface area contributed by atoms with Crippen molar-refractivity contribution in [3.05, 3.63) is 95.6 Å². The van der Waals surface area contributed by atoms with Gasteiger partial charge in [-0.25, -0.2) is 0 Å². The van der Waals surface area contributed by atoms with E-state index in [1.807, 2.05) is 71.6 Å². The Balaban J connectivity index is 1.23. The molecule has 0 unspecified atom stereocenters. The van der Waals surface area contributed by atoms with E-state index in [0.29, 0.717) is 19.7 Å². The molecule has 2 amide bonds. The van der Waals surface area contributed by atoms with Gasteiger partial charge in [-0.1, -0.05) is 0 Å². The van der Waals surface area contributed by atoms with Gasteiger partial charge < -0.3 is 0 Å². The molecule has 1 radical (unpaired) electrons. The molecule has 0 spiro atoms. The van der Waals surface area contributed by atoms with Gasteiger partial charge in [-0.2, -0.15) is 0 Å². The number of hydrogen-bond donors (Lipinski definition) is 1. The Morgan fingerprint density at radius 3 is 2.39 bits per heavy atom. The summed E-state index contributed by atoms with van der Waals surface area (Å²) in [4.78, 5) is 26.7. The minimum absolute atomic E-state index is 0.0964. The Morgan fingerprint density at radius 2 is 1.61 bits per heavy atom. The molecule has 0 aromatic heterocycles. The summed E-state index contributed by atoms with van der Waals surface area (Å²) in [6, 6.07) is 25.5. The van der Waals surface area contributed by atoms with Crippen molar-refractivity contribution in [3.8, 4) is 0 Å². The zero-order chi connectivity index (χ0) is 21.5. The van der Waals surface area contributed by atoms with Crippen LogP contribution in [0.5, 0.6) is 0 Å². The first kappa shape index (κ1) is 21.4. The third-order valence-corrected chi connectivity index (χ3v) is 7.09. The summed E-state index contributed by atoms with van der Waals surface area (Å²) < 4.78 is 6.65. The average molecular weight is 475 g/mol. The van der Waals surface area contributed by atoms with Crippen LogP contribution in [0.2, 0.25) is 0 Å². The van der Waals surface area contributed by atoms with Crippen molar-refractivity contribution in [1.82, 2.24) is 4.90 Å². The van der Waals surface area contributed by atoms with Crippen molar-refractivity contribution in [3.63, 3.8) is 0 Å². The van der Waals surface area contributed by atoms with Crippen LogP contribution in [0.4, 0.5) is 10.5 Å². The molecule has 31 heavy (non-hydrogen) atoms. The van der Waals surface area contributed by atoms with Gasteiger partial charge in [0.15, 0.2) is 0 Å². The molecule has 1 heterocycles. The second kappa shape index (κ2) is 10.4. The molecule has 1 aliphatic heterocycles. The standard InChI is InChI=1S/C25H24AsN2O3/c29-24(18-31-17-19-6-2-1-3-7-19)26-22-10-12-23(13-11-22)27-25(30)28-15-14-20-8-4-5-9-21(20)16-28/h1-13H,14-18H2,(H,27,30). The van der Waals surface area contributed by atoms with Crippen molar-refractivity contribution >= 4 is 36.4 Å². The van der Waals surface area contributed by atoms with Gasteiger partial charge in [0.2, 0.25) is 0 Å². The van der Waals surface area contributed by atoms with Crippen LogP contribution in [-0.2, 0) is 29.1 Å². The third-order valence-electron chi connectivity index (χ3n) is 5.13. The fourth-order valence-electron chi connectivity index (χ4n) is 3.50. The summed E-state index contributed by atoms with van der Waals surface area (Å²) >= 11 is -0.620. The number of carbonyl (C=O) groups is 2. The Bertz CT molecular complexity index is 1040. The molecular formula is C25H24AsN2O3. The van der Waals surface area contributed by atoms with Gasteiger partial charge in [-0.05, 0) is 0 Å². The summed E-state index contributed by atoms with van der Waals surface area (Å²) in [6.07, 6.45) is 0.876. The number of nitrogens with zero attached hydrogens (tertiary/aromatic N) is 1. The van der Waals surface area contributed by atoms with Crippen LogP contribution in [-0.4, -0.2) is 44.4 Å². The fourth-order valence-corrected chi connectivity index (χ4v) is 5.05. The summed E-state index contributed by atoms with van der Waals surface area (Å²) in [7, 11) is 0. The molecule has 157 valence electrons. The van der Waals surface area contributed by atoms with Gasteiger partial charge >= 0.3 is 189 Å². The summed E-state index contributed by atoms with van der Waals surface area (Å²) in [5.41, 5.74) is 4.32. The molecule has 0 atom stereocenters. The fraction of sp³-hybridized carbons (Fsp3) is 0.200. The van der Waals surface area contributed by atoms with Crippen LogP contribution < -0.4 is 9.67 Å². The van der Waals surface area contributed by atoms with Gasteiger partial charge in [0.05, 0.1) is 0 Å². The predicted molar refractivity (Wildman–Crippen MR) is 123 cm³/mol. The quantitative estimate of drug-likeness (QED) is 0.534. The van der Waals surface area contributed by atoms with Crippen LogP contribution in [0.1, 0.15) is 16.7 Å². The van der Waals surface area contributed by atoms with E-state index < -0.39 is 15.8 Å². The van der Waals surface area contributed by atoms with Gasteiger partial charge in [-0.15, -0.1) is 0 Å². The topological polar surface area (TPSA) is 58.6 Å². The number of hydrogen-bond acceptors (Lipinski definition) is 3. The van der Waals surface area contributed by atoms with E-state index in [-0.39, 0.29) is 17.2 Å². The average Bonchev–Trinajstić information content (AvgIpc) is 2.80. The molecular weight excluding hydrogens is 451 g/mol. The molecule has 3 aromatic rings. The third kappa shape index (κ3) is 6.06. The summed E-state index contributed by atoms with van der Waals surface area (Å²) in [5, 5.41) is 2.96. The van der Waals surface area contributed by atoms with Crippen molar-refractivity contribution in [2.75, 3.05) is 18.5 Å². The molecule has 4 rings (SSSR count). The molecule has 0 fully saturated rings. The second-order valence-electron chi connectivity index (χ2n) is 7.40. The van der Waals surface area contributed by atoms with Gasteiger partial charge in [-0.3, -0.25) is 0 Å². The van der Waals surface area contributed by atoms with Crippen molar-refractivity contribution < 1.29 is 14.3 Å². The molecule has 0 aliphatic carbocycles. The van der Waals surface area contributed by atoms with Gasteiger partial charge in [0.25, 0.3) is 0 Å². The Morgan fingerprint density at radius 1 is 0.903 bits per heavy atom. The van der Waals surface area contributed by atoms with E-state index >= 15 is 0 Å². The maximum atomic E-state index is 12.6. The first-order valence-electron chi connectivity index (χ1n) is 10.3. The van der Waals surface area contributed by atoms with Crippen LogP contribution >= 0.6 is 0 Å². The Hall–Kier alpha value is -2.88. The molecule has 5 nitrogen and oxygen atoms in total. The summed E-state index contributed by atoms with van der Waals surface area (Å²) in [6.45, 7) is 1.91. The summed E-state index contributed by atoms with van der Waals surface area (Å²) in [5.74, 6) is 0. The molecule has 0 saturated carbocycles.